The summed E-state index contributed by atoms with van der Waals surface area (Å²) in [6.07, 6.45) is 0.407. The zero-order chi connectivity index (χ0) is 13.0. The van der Waals surface area contributed by atoms with Crippen molar-refractivity contribution in [2.75, 3.05) is 13.2 Å². The van der Waals surface area contributed by atoms with Gasteiger partial charge in [0.15, 0.2) is 0 Å². The van der Waals surface area contributed by atoms with Crippen molar-refractivity contribution in [3.05, 3.63) is 0 Å². The lowest BCUT2D eigenvalue weighted by molar-refractivity contribution is -0.143. The smallest absolute Gasteiger partial charge is 0.326 e. The summed E-state index contributed by atoms with van der Waals surface area (Å²) >= 11 is 0. The van der Waals surface area contributed by atoms with E-state index < -0.39 is 17.9 Å². The molecule has 1 saturated heterocycles. The summed E-state index contributed by atoms with van der Waals surface area (Å²) in [7, 11) is 0. The van der Waals surface area contributed by atoms with E-state index in [4.69, 9.17) is 15.6 Å². The van der Waals surface area contributed by atoms with Crippen LogP contribution < -0.4 is 11.1 Å². The SMILES string of the molecule is CC(C)C[C@H](NC(=O)C1COCC1N)C(=O)O. The second-order valence-corrected chi connectivity index (χ2v) is 4.84. The molecule has 6 heteroatoms. The monoisotopic (exact) mass is 244 g/mol. The zero-order valence-corrected chi connectivity index (χ0v) is 10.2. The highest BCUT2D eigenvalue weighted by Crippen LogP contribution is 2.13. The predicted octanol–water partition coefficient (Wildman–Crippen LogP) is -0.424. The summed E-state index contributed by atoms with van der Waals surface area (Å²) in [6.45, 7) is 4.43. The van der Waals surface area contributed by atoms with Crippen LogP contribution in [-0.2, 0) is 14.3 Å². The molecular formula is C11H20N2O4. The van der Waals surface area contributed by atoms with Gasteiger partial charge in [-0.05, 0) is 12.3 Å². The van der Waals surface area contributed by atoms with Crippen LogP contribution in [0.5, 0.6) is 0 Å². The minimum atomic E-state index is -1.01. The van der Waals surface area contributed by atoms with Crippen LogP contribution in [-0.4, -0.2) is 42.3 Å². The number of ether oxygens (including phenoxy) is 1. The van der Waals surface area contributed by atoms with Crippen LogP contribution in [0.4, 0.5) is 0 Å². The maximum absolute atomic E-state index is 11.8. The molecule has 98 valence electrons. The van der Waals surface area contributed by atoms with Gasteiger partial charge in [0.1, 0.15) is 6.04 Å². The van der Waals surface area contributed by atoms with Crippen molar-refractivity contribution in [2.45, 2.75) is 32.4 Å². The molecule has 0 aromatic rings. The Bertz CT molecular complexity index is 293. The normalized spacial score (nSPS) is 25.9. The molecular weight excluding hydrogens is 224 g/mol. The molecule has 0 aliphatic carbocycles. The summed E-state index contributed by atoms with van der Waals surface area (Å²) in [5.41, 5.74) is 5.70. The van der Waals surface area contributed by atoms with Crippen LogP contribution in [0, 0.1) is 11.8 Å². The largest absolute Gasteiger partial charge is 0.480 e. The van der Waals surface area contributed by atoms with Crippen molar-refractivity contribution in [3.8, 4) is 0 Å². The van der Waals surface area contributed by atoms with E-state index in [-0.39, 0.29) is 24.5 Å². The average molecular weight is 244 g/mol. The van der Waals surface area contributed by atoms with Gasteiger partial charge in [0.25, 0.3) is 0 Å². The first-order chi connectivity index (χ1) is 7.91. The van der Waals surface area contributed by atoms with Crippen LogP contribution in [0.1, 0.15) is 20.3 Å². The second-order valence-electron chi connectivity index (χ2n) is 4.84. The van der Waals surface area contributed by atoms with E-state index in [0.717, 1.165) is 0 Å². The maximum Gasteiger partial charge on any atom is 0.326 e. The van der Waals surface area contributed by atoms with Gasteiger partial charge < -0.3 is 20.9 Å². The Morgan fingerprint density at radius 1 is 1.47 bits per heavy atom. The molecule has 4 N–H and O–H groups in total. The summed E-state index contributed by atoms with van der Waals surface area (Å²) in [4.78, 5) is 22.8. The minimum Gasteiger partial charge on any atom is -0.480 e. The number of nitrogens with two attached hydrogens (primary N) is 1. The lowest BCUT2D eigenvalue weighted by Crippen LogP contribution is -2.48. The van der Waals surface area contributed by atoms with Gasteiger partial charge in [0.2, 0.25) is 5.91 Å². The van der Waals surface area contributed by atoms with Crippen molar-refractivity contribution in [1.29, 1.82) is 0 Å². The third-order valence-electron chi connectivity index (χ3n) is 2.78. The van der Waals surface area contributed by atoms with E-state index >= 15 is 0 Å². The third kappa shape index (κ3) is 3.98. The van der Waals surface area contributed by atoms with E-state index in [0.29, 0.717) is 13.0 Å². The quantitative estimate of drug-likeness (QED) is 0.609. The molecule has 0 radical (unpaired) electrons. The lowest BCUT2D eigenvalue weighted by atomic mass is 10.0. The number of hydrogen-bond acceptors (Lipinski definition) is 4. The van der Waals surface area contributed by atoms with Gasteiger partial charge in [0.05, 0.1) is 19.1 Å². The first kappa shape index (κ1) is 13.9. The Morgan fingerprint density at radius 3 is 2.53 bits per heavy atom. The molecule has 0 spiro atoms. The number of aliphatic carboxylic acids is 1. The van der Waals surface area contributed by atoms with E-state index in [9.17, 15) is 9.59 Å². The Hall–Kier alpha value is -1.14. The number of carboxylic acid groups (broad SMARTS) is 1. The van der Waals surface area contributed by atoms with Crippen molar-refractivity contribution in [1.82, 2.24) is 5.32 Å². The Morgan fingerprint density at radius 2 is 2.12 bits per heavy atom. The fourth-order valence-corrected chi connectivity index (χ4v) is 1.81. The van der Waals surface area contributed by atoms with Crippen LogP contribution in [0.15, 0.2) is 0 Å². The molecule has 1 rings (SSSR count). The standard InChI is InChI=1S/C11H20N2O4/c1-6(2)3-9(11(15)16)13-10(14)7-4-17-5-8(7)12/h6-9H,3-5,12H2,1-2H3,(H,13,14)(H,15,16)/t7?,8?,9-/m0/s1. The summed E-state index contributed by atoms with van der Waals surface area (Å²) in [6, 6.07) is -1.20. The molecule has 1 amide bonds. The summed E-state index contributed by atoms with van der Waals surface area (Å²) in [5, 5.41) is 11.5. The number of carbonyl (C=O) groups is 2. The van der Waals surface area contributed by atoms with Gasteiger partial charge in [0, 0.05) is 6.04 Å². The third-order valence-corrected chi connectivity index (χ3v) is 2.78. The van der Waals surface area contributed by atoms with Crippen molar-refractivity contribution >= 4 is 11.9 Å². The number of amides is 1. The molecule has 1 heterocycles. The van der Waals surface area contributed by atoms with Crippen molar-refractivity contribution < 1.29 is 19.4 Å². The lowest BCUT2D eigenvalue weighted by Gasteiger charge is -2.19. The Balaban J connectivity index is 2.54. The fraction of sp³-hybridized carbons (Fsp3) is 0.818. The number of rotatable bonds is 5. The maximum atomic E-state index is 11.8. The summed E-state index contributed by atoms with van der Waals surface area (Å²) < 4.78 is 5.08. The number of carboxylic acids is 1. The van der Waals surface area contributed by atoms with Crippen LogP contribution in [0.2, 0.25) is 0 Å². The van der Waals surface area contributed by atoms with Gasteiger partial charge >= 0.3 is 5.97 Å². The van der Waals surface area contributed by atoms with Gasteiger partial charge in [-0.25, -0.2) is 4.79 Å². The van der Waals surface area contributed by atoms with Gasteiger partial charge in [-0.2, -0.15) is 0 Å². The highest BCUT2D eigenvalue weighted by molar-refractivity contribution is 5.85. The van der Waals surface area contributed by atoms with Gasteiger partial charge in [-0.15, -0.1) is 0 Å². The molecule has 0 bridgehead atoms. The molecule has 1 fully saturated rings. The van der Waals surface area contributed by atoms with E-state index in [1.54, 1.807) is 0 Å². The Labute approximate surface area is 101 Å². The molecule has 1 aliphatic heterocycles. The molecule has 2 unspecified atom stereocenters. The van der Waals surface area contributed by atoms with E-state index in [1.807, 2.05) is 13.8 Å². The number of hydrogen-bond donors (Lipinski definition) is 3. The average Bonchev–Trinajstić information content (AvgIpc) is 2.62. The van der Waals surface area contributed by atoms with Crippen LogP contribution >= 0.6 is 0 Å². The molecule has 3 atom stereocenters. The van der Waals surface area contributed by atoms with Crippen LogP contribution in [0.3, 0.4) is 0 Å². The molecule has 1 aliphatic rings. The highest BCUT2D eigenvalue weighted by Gasteiger charge is 2.33. The van der Waals surface area contributed by atoms with Crippen molar-refractivity contribution in [2.24, 2.45) is 17.6 Å². The zero-order valence-electron chi connectivity index (χ0n) is 10.2. The first-order valence-corrected chi connectivity index (χ1v) is 5.78. The second kappa shape index (κ2) is 5.97. The van der Waals surface area contributed by atoms with Gasteiger partial charge in [-0.3, -0.25) is 4.79 Å². The van der Waals surface area contributed by atoms with E-state index in [2.05, 4.69) is 5.32 Å². The van der Waals surface area contributed by atoms with E-state index in [1.165, 1.54) is 0 Å². The minimum absolute atomic E-state index is 0.199. The Kier molecular flexibility index (Phi) is 4.89. The van der Waals surface area contributed by atoms with Gasteiger partial charge in [-0.1, -0.05) is 13.8 Å². The van der Waals surface area contributed by atoms with Crippen LogP contribution in [0.25, 0.3) is 0 Å². The molecule has 0 aromatic heterocycles. The first-order valence-electron chi connectivity index (χ1n) is 5.78. The van der Waals surface area contributed by atoms with Crippen molar-refractivity contribution in [3.63, 3.8) is 0 Å². The fourth-order valence-electron chi connectivity index (χ4n) is 1.81. The molecule has 0 saturated carbocycles. The number of nitrogens with one attached hydrogen (secondary N) is 1. The number of carbonyl (C=O) groups excluding carboxylic acids is 1. The topological polar surface area (TPSA) is 102 Å². The molecule has 6 nitrogen and oxygen atoms in total. The summed E-state index contributed by atoms with van der Waals surface area (Å²) in [5.74, 6) is -1.59. The predicted molar refractivity (Wildman–Crippen MR) is 61.3 cm³/mol. The molecule has 0 aromatic carbocycles. The molecule has 17 heavy (non-hydrogen) atoms. The highest BCUT2D eigenvalue weighted by atomic mass is 16.5.